The quantitative estimate of drug-likeness (QED) is 0.794. The molecule has 0 aromatic heterocycles. The van der Waals surface area contributed by atoms with Crippen LogP contribution in [-0.2, 0) is 0 Å². The lowest BCUT2D eigenvalue weighted by Gasteiger charge is -2.10. The molecule has 2 aromatic rings. The van der Waals surface area contributed by atoms with Crippen molar-refractivity contribution in [1.29, 1.82) is 0 Å². The molecule has 0 aliphatic carbocycles. The van der Waals surface area contributed by atoms with Crippen molar-refractivity contribution >= 4 is 11.6 Å². The number of fused-ring (bicyclic) bond motifs is 1. The molecule has 88 valence electrons. The summed E-state index contributed by atoms with van der Waals surface area (Å²) >= 11 is 0. The van der Waals surface area contributed by atoms with Crippen molar-refractivity contribution in [1.82, 2.24) is 5.32 Å². The average Bonchev–Trinajstić information content (AvgIpc) is 2.62. The van der Waals surface area contributed by atoms with Crippen LogP contribution in [0, 0.1) is 0 Å². The molecule has 0 radical (unpaired) electrons. The minimum absolute atomic E-state index is 0.285. The number of phenols is 1. The number of benzene rings is 2. The van der Waals surface area contributed by atoms with Gasteiger partial charge in [0.05, 0.1) is 0 Å². The minimum atomic E-state index is 0.285. The van der Waals surface area contributed by atoms with Crippen molar-refractivity contribution in [3.63, 3.8) is 0 Å². The van der Waals surface area contributed by atoms with Crippen LogP contribution in [-0.4, -0.2) is 5.11 Å². The average molecular weight is 235 g/mol. The van der Waals surface area contributed by atoms with E-state index in [1.54, 1.807) is 12.1 Å². The summed E-state index contributed by atoms with van der Waals surface area (Å²) in [5.41, 5.74) is 4.57. The molecule has 0 saturated carbocycles. The Hall–Kier alpha value is -2.48. The molecule has 1 aliphatic rings. The first-order valence-electron chi connectivity index (χ1n) is 5.86. The molecule has 2 N–H and O–H groups in total. The molecule has 0 fully saturated rings. The summed E-state index contributed by atoms with van der Waals surface area (Å²) in [6.07, 6.45) is 5.96. The third kappa shape index (κ3) is 1.89. The van der Waals surface area contributed by atoms with Gasteiger partial charge < -0.3 is 10.4 Å². The maximum atomic E-state index is 9.36. The fourth-order valence-electron chi connectivity index (χ4n) is 2.11. The van der Waals surface area contributed by atoms with Gasteiger partial charge in [0.1, 0.15) is 5.75 Å². The van der Waals surface area contributed by atoms with E-state index >= 15 is 0 Å². The molecule has 0 spiro atoms. The van der Waals surface area contributed by atoms with Gasteiger partial charge in [0.15, 0.2) is 0 Å². The van der Waals surface area contributed by atoms with Gasteiger partial charge in [-0.25, -0.2) is 0 Å². The molecule has 1 heterocycles. The maximum absolute atomic E-state index is 9.36. The van der Waals surface area contributed by atoms with E-state index in [9.17, 15) is 5.11 Å². The van der Waals surface area contributed by atoms with Crippen LogP contribution >= 0.6 is 0 Å². The van der Waals surface area contributed by atoms with Gasteiger partial charge >= 0.3 is 0 Å². The lowest BCUT2D eigenvalue weighted by atomic mass is 9.95. The first kappa shape index (κ1) is 10.7. The van der Waals surface area contributed by atoms with Crippen molar-refractivity contribution in [2.75, 3.05) is 0 Å². The second-order valence-electron chi connectivity index (χ2n) is 4.19. The minimum Gasteiger partial charge on any atom is -0.508 e. The summed E-state index contributed by atoms with van der Waals surface area (Å²) in [6, 6.07) is 15.5. The van der Waals surface area contributed by atoms with Gasteiger partial charge in [0, 0.05) is 18.0 Å². The Labute approximate surface area is 106 Å². The predicted octanol–water partition coefficient (Wildman–Crippen LogP) is 3.36. The van der Waals surface area contributed by atoms with E-state index in [-0.39, 0.29) is 5.75 Å². The molecule has 0 amide bonds. The Morgan fingerprint density at radius 3 is 2.50 bits per heavy atom. The lowest BCUT2D eigenvalue weighted by molar-refractivity contribution is 0.475. The van der Waals surface area contributed by atoms with Gasteiger partial charge in [-0.3, -0.25) is 0 Å². The Morgan fingerprint density at radius 1 is 0.889 bits per heavy atom. The van der Waals surface area contributed by atoms with E-state index < -0.39 is 0 Å². The van der Waals surface area contributed by atoms with Gasteiger partial charge in [-0.15, -0.1) is 0 Å². The molecule has 0 unspecified atom stereocenters. The second-order valence-corrected chi connectivity index (χ2v) is 4.19. The van der Waals surface area contributed by atoms with Crippen LogP contribution in [0.4, 0.5) is 0 Å². The first-order chi connectivity index (χ1) is 8.84. The number of aromatic hydroxyl groups is 1. The molecular formula is C16H13NO. The van der Waals surface area contributed by atoms with E-state index in [1.165, 1.54) is 11.1 Å². The molecule has 0 saturated heterocycles. The van der Waals surface area contributed by atoms with Crippen molar-refractivity contribution in [2.24, 2.45) is 0 Å². The SMILES string of the molecule is Oc1ccc(C2=CNC=Cc3ccccc32)cc1. The summed E-state index contributed by atoms with van der Waals surface area (Å²) in [5.74, 6) is 0.285. The molecular weight excluding hydrogens is 222 g/mol. The van der Waals surface area contributed by atoms with Gasteiger partial charge in [0.2, 0.25) is 0 Å². The van der Waals surface area contributed by atoms with Crippen LogP contribution in [0.25, 0.3) is 11.6 Å². The molecule has 0 bridgehead atoms. The van der Waals surface area contributed by atoms with Crippen molar-refractivity contribution < 1.29 is 5.11 Å². The van der Waals surface area contributed by atoms with Crippen molar-refractivity contribution in [3.8, 4) is 5.75 Å². The smallest absolute Gasteiger partial charge is 0.115 e. The number of rotatable bonds is 1. The monoisotopic (exact) mass is 235 g/mol. The van der Waals surface area contributed by atoms with Gasteiger partial charge in [-0.05, 0) is 34.9 Å². The van der Waals surface area contributed by atoms with E-state index in [0.717, 1.165) is 11.1 Å². The van der Waals surface area contributed by atoms with Crippen LogP contribution < -0.4 is 5.32 Å². The molecule has 2 nitrogen and oxygen atoms in total. The summed E-state index contributed by atoms with van der Waals surface area (Å²) in [6.45, 7) is 0. The van der Waals surface area contributed by atoms with Crippen LogP contribution in [0.1, 0.15) is 16.7 Å². The predicted molar refractivity (Wildman–Crippen MR) is 73.8 cm³/mol. The molecule has 18 heavy (non-hydrogen) atoms. The van der Waals surface area contributed by atoms with Gasteiger partial charge in [-0.2, -0.15) is 0 Å². The maximum Gasteiger partial charge on any atom is 0.115 e. The van der Waals surface area contributed by atoms with Crippen LogP contribution in [0.2, 0.25) is 0 Å². The van der Waals surface area contributed by atoms with Gasteiger partial charge in [-0.1, -0.05) is 36.4 Å². The Bertz CT molecular complexity index is 624. The number of phenolic OH excluding ortho intramolecular Hbond substituents is 1. The highest BCUT2D eigenvalue weighted by Gasteiger charge is 2.09. The summed E-state index contributed by atoms with van der Waals surface area (Å²) in [5, 5.41) is 12.5. The van der Waals surface area contributed by atoms with E-state index in [0.29, 0.717) is 0 Å². The zero-order chi connectivity index (χ0) is 12.4. The first-order valence-corrected chi connectivity index (χ1v) is 5.86. The number of nitrogens with one attached hydrogen (secondary N) is 1. The Kier molecular flexibility index (Phi) is 2.61. The zero-order valence-corrected chi connectivity index (χ0v) is 9.80. The third-order valence-electron chi connectivity index (χ3n) is 3.02. The van der Waals surface area contributed by atoms with E-state index in [4.69, 9.17) is 0 Å². The summed E-state index contributed by atoms with van der Waals surface area (Å²) < 4.78 is 0. The van der Waals surface area contributed by atoms with Crippen molar-refractivity contribution in [2.45, 2.75) is 0 Å². The Morgan fingerprint density at radius 2 is 1.67 bits per heavy atom. The fourth-order valence-corrected chi connectivity index (χ4v) is 2.11. The molecule has 3 rings (SSSR count). The third-order valence-corrected chi connectivity index (χ3v) is 3.02. The van der Waals surface area contributed by atoms with E-state index in [1.807, 2.05) is 36.7 Å². The van der Waals surface area contributed by atoms with Crippen LogP contribution in [0.5, 0.6) is 5.75 Å². The molecule has 2 heteroatoms. The lowest BCUT2D eigenvalue weighted by Crippen LogP contribution is -1.95. The van der Waals surface area contributed by atoms with Crippen LogP contribution in [0.3, 0.4) is 0 Å². The molecule has 1 aliphatic heterocycles. The summed E-state index contributed by atoms with van der Waals surface area (Å²) in [4.78, 5) is 0. The Balaban J connectivity index is 2.14. The molecule has 2 aromatic carbocycles. The van der Waals surface area contributed by atoms with Crippen LogP contribution in [0.15, 0.2) is 60.9 Å². The standard InChI is InChI=1S/C16H13NO/c18-14-7-5-13(6-8-14)16-11-17-10-9-12-3-1-2-4-15(12)16/h1-11,17-18H. The fraction of sp³-hybridized carbons (Fsp3) is 0. The highest BCUT2D eigenvalue weighted by Crippen LogP contribution is 2.28. The number of hydrogen-bond acceptors (Lipinski definition) is 2. The number of hydrogen-bond donors (Lipinski definition) is 2. The van der Waals surface area contributed by atoms with E-state index in [2.05, 4.69) is 23.5 Å². The summed E-state index contributed by atoms with van der Waals surface area (Å²) in [7, 11) is 0. The molecule has 0 atom stereocenters. The topological polar surface area (TPSA) is 32.3 Å². The normalized spacial score (nSPS) is 13.2. The second kappa shape index (κ2) is 4.41. The highest BCUT2D eigenvalue weighted by atomic mass is 16.3. The largest absolute Gasteiger partial charge is 0.508 e. The van der Waals surface area contributed by atoms with Crippen molar-refractivity contribution in [3.05, 3.63) is 77.6 Å². The van der Waals surface area contributed by atoms with Gasteiger partial charge in [0.25, 0.3) is 0 Å². The highest BCUT2D eigenvalue weighted by molar-refractivity contribution is 5.85. The zero-order valence-electron chi connectivity index (χ0n) is 9.80.